The number of carbonyl (C=O) groups is 2. The Kier molecular flexibility index (Phi) is 6.66. The van der Waals surface area contributed by atoms with Gasteiger partial charge in [0.15, 0.2) is 0 Å². The molecule has 0 unspecified atom stereocenters. The summed E-state index contributed by atoms with van der Waals surface area (Å²) >= 11 is 5.97. The summed E-state index contributed by atoms with van der Waals surface area (Å²) in [4.78, 5) is 38.0. The highest BCUT2D eigenvalue weighted by Crippen LogP contribution is 2.26. The first kappa shape index (κ1) is 22.0. The zero-order valence-corrected chi connectivity index (χ0v) is 18.2. The first-order valence-electron chi connectivity index (χ1n) is 9.27. The molecule has 0 aliphatic rings. The van der Waals surface area contributed by atoms with Gasteiger partial charge in [-0.3, -0.25) is 9.59 Å². The lowest BCUT2D eigenvalue weighted by Gasteiger charge is -2.14. The molecule has 2 amide bonds. The Morgan fingerprint density at radius 1 is 1.00 bits per heavy atom. The van der Waals surface area contributed by atoms with Gasteiger partial charge in [0.05, 0.1) is 23.9 Å². The summed E-state index contributed by atoms with van der Waals surface area (Å²) in [5, 5.41) is 8.79. The highest BCUT2D eigenvalue weighted by Gasteiger charge is 2.18. The van der Waals surface area contributed by atoms with Gasteiger partial charge >= 0.3 is 0 Å². The number of pyridine rings is 1. The lowest BCUT2D eigenvalue weighted by atomic mass is 10.1. The molecule has 3 aromatic rings. The molecule has 0 bridgehead atoms. The molecular weight excluding hydrogens is 420 g/mol. The second-order valence-corrected chi connectivity index (χ2v) is 7.00. The van der Waals surface area contributed by atoms with Gasteiger partial charge in [0.25, 0.3) is 11.8 Å². The maximum absolute atomic E-state index is 12.9. The smallest absolute Gasteiger partial charge is 0.259 e. The van der Waals surface area contributed by atoms with Crippen LogP contribution < -0.4 is 20.7 Å². The van der Waals surface area contributed by atoms with Crippen LogP contribution in [0.4, 0.5) is 17.3 Å². The van der Waals surface area contributed by atoms with Crippen molar-refractivity contribution >= 4 is 40.7 Å². The monoisotopic (exact) mass is 440 g/mol. The average molecular weight is 441 g/mol. The zero-order valence-electron chi connectivity index (χ0n) is 17.4. The van der Waals surface area contributed by atoms with Crippen molar-refractivity contribution in [3.63, 3.8) is 0 Å². The number of amides is 2. The molecular formula is C21H21ClN6O3. The summed E-state index contributed by atoms with van der Waals surface area (Å²) in [6, 6.07) is 7.98. The Bertz CT molecular complexity index is 1130. The van der Waals surface area contributed by atoms with Crippen LogP contribution in [0.5, 0.6) is 5.75 Å². The number of ether oxygens (including phenoxy) is 1. The molecule has 160 valence electrons. The fourth-order valence-corrected chi connectivity index (χ4v) is 3.06. The number of aromatic nitrogens is 3. The maximum atomic E-state index is 12.9. The summed E-state index contributed by atoms with van der Waals surface area (Å²) in [5.74, 6) is 0.986. The minimum absolute atomic E-state index is 0.198. The molecule has 0 aliphatic heterocycles. The topological polar surface area (TPSA) is 118 Å². The molecule has 0 radical (unpaired) electrons. The van der Waals surface area contributed by atoms with Crippen LogP contribution in [0.1, 0.15) is 32.2 Å². The van der Waals surface area contributed by atoms with E-state index in [4.69, 9.17) is 16.3 Å². The van der Waals surface area contributed by atoms with E-state index in [9.17, 15) is 9.59 Å². The molecule has 3 rings (SSSR count). The third-order valence-corrected chi connectivity index (χ3v) is 4.49. The van der Waals surface area contributed by atoms with Crippen LogP contribution in [0.25, 0.3) is 0 Å². The molecule has 2 aromatic heterocycles. The number of hydrogen-bond acceptors (Lipinski definition) is 7. The van der Waals surface area contributed by atoms with Crippen LogP contribution in [0, 0.1) is 13.8 Å². The van der Waals surface area contributed by atoms with E-state index in [0.29, 0.717) is 28.2 Å². The number of hydrogen-bond donors (Lipinski definition) is 3. The fraction of sp³-hybridized carbons (Fsp3) is 0.190. The fourth-order valence-electron chi connectivity index (χ4n) is 2.90. The van der Waals surface area contributed by atoms with Gasteiger partial charge in [-0.15, -0.1) is 0 Å². The van der Waals surface area contributed by atoms with Gasteiger partial charge in [-0.05, 0) is 32.0 Å². The van der Waals surface area contributed by atoms with Crippen molar-refractivity contribution in [1.82, 2.24) is 20.3 Å². The summed E-state index contributed by atoms with van der Waals surface area (Å²) < 4.78 is 5.25. The molecule has 0 saturated heterocycles. The van der Waals surface area contributed by atoms with Crippen LogP contribution in [-0.2, 0) is 0 Å². The summed E-state index contributed by atoms with van der Waals surface area (Å²) in [6.07, 6.45) is 1.37. The average Bonchev–Trinajstić information content (AvgIpc) is 2.72. The molecule has 0 spiro atoms. The standard InChI is InChI=1S/C21H21ClN6O3/c1-11-7-19(26-12(2)25-11)28-18-9-16(15(10-24-18)20(29)23-3)27-21(30)14-6-5-13(22)8-17(14)31-4/h5-10H,1-4H3,(H,23,29)(H2,24,25,26,27,28,30). The quantitative estimate of drug-likeness (QED) is 0.536. The van der Waals surface area contributed by atoms with Gasteiger partial charge in [0.1, 0.15) is 23.2 Å². The highest BCUT2D eigenvalue weighted by atomic mass is 35.5. The van der Waals surface area contributed by atoms with Crippen LogP contribution in [-0.4, -0.2) is 40.9 Å². The Morgan fingerprint density at radius 3 is 2.45 bits per heavy atom. The molecule has 0 atom stereocenters. The number of halogens is 1. The van der Waals surface area contributed by atoms with Crippen molar-refractivity contribution in [2.24, 2.45) is 0 Å². The normalized spacial score (nSPS) is 10.4. The molecule has 10 heteroatoms. The second-order valence-electron chi connectivity index (χ2n) is 6.56. The number of rotatable bonds is 6. The lowest BCUT2D eigenvalue weighted by molar-refractivity contribution is 0.0963. The molecule has 0 fully saturated rings. The summed E-state index contributed by atoms with van der Waals surface area (Å²) in [5.41, 5.74) is 1.52. The van der Waals surface area contributed by atoms with E-state index in [1.165, 1.54) is 26.4 Å². The zero-order chi connectivity index (χ0) is 22.5. The number of nitrogens with zero attached hydrogens (tertiary/aromatic N) is 3. The third kappa shape index (κ3) is 5.26. The molecule has 0 aliphatic carbocycles. The van der Waals surface area contributed by atoms with E-state index in [1.807, 2.05) is 6.92 Å². The van der Waals surface area contributed by atoms with Crippen molar-refractivity contribution in [1.29, 1.82) is 0 Å². The number of nitrogens with one attached hydrogen (secondary N) is 3. The third-order valence-electron chi connectivity index (χ3n) is 4.25. The Labute approximate surface area is 184 Å². The number of methoxy groups -OCH3 is 1. The minimum Gasteiger partial charge on any atom is -0.496 e. The van der Waals surface area contributed by atoms with Crippen molar-refractivity contribution in [2.45, 2.75) is 13.8 Å². The van der Waals surface area contributed by atoms with Crippen molar-refractivity contribution < 1.29 is 14.3 Å². The number of benzene rings is 1. The first-order chi connectivity index (χ1) is 14.8. The van der Waals surface area contributed by atoms with Crippen LogP contribution >= 0.6 is 11.6 Å². The molecule has 31 heavy (non-hydrogen) atoms. The SMILES string of the molecule is CNC(=O)c1cnc(Nc2cc(C)nc(C)n2)cc1NC(=O)c1ccc(Cl)cc1OC. The summed E-state index contributed by atoms with van der Waals surface area (Å²) in [6.45, 7) is 3.64. The molecule has 2 heterocycles. The van der Waals surface area contributed by atoms with E-state index in [-0.39, 0.29) is 16.8 Å². The van der Waals surface area contributed by atoms with Crippen molar-refractivity contribution in [2.75, 3.05) is 24.8 Å². The minimum atomic E-state index is -0.468. The van der Waals surface area contributed by atoms with E-state index in [0.717, 1.165) is 5.69 Å². The molecule has 1 aromatic carbocycles. The van der Waals surface area contributed by atoms with Crippen LogP contribution in [0.3, 0.4) is 0 Å². The number of aryl methyl sites for hydroxylation is 2. The number of carbonyl (C=O) groups excluding carboxylic acids is 2. The first-order valence-corrected chi connectivity index (χ1v) is 9.65. The Balaban J connectivity index is 1.96. The Morgan fingerprint density at radius 2 is 1.77 bits per heavy atom. The van der Waals surface area contributed by atoms with Crippen LogP contribution in [0.2, 0.25) is 5.02 Å². The van der Waals surface area contributed by atoms with E-state index in [1.54, 1.807) is 31.2 Å². The van der Waals surface area contributed by atoms with E-state index in [2.05, 4.69) is 30.9 Å². The predicted molar refractivity (Wildman–Crippen MR) is 118 cm³/mol. The molecule has 0 saturated carbocycles. The van der Waals surface area contributed by atoms with E-state index >= 15 is 0 Å². The lowest BCUT2D eigenvalue weighted by Crippen LogP contribution is -2.22. The van der Waals surface area contributed by atoms with Gasteiger partial charge in [-0.2, -0.15) is 0 Å². The van der Waals surface area contributed by atoms with Crippen molar-refractivity contribution in [3.8, 4) is 5.75 Å². The molecule has 3 N–H and O–H groups in total. The van der Waals surface area contributed by atoms with Gasteiger partial charge in [0, 0.05) is 36.1 Å². The van der Waals surface area contributed by atoms with Crippen molar-refractivity contribution in [3.05, 3.63) is 64.2 Å². The predicted octanol–water partition coefficient (Wildman–Crippen LogP) is 3.51. The van der Waals surface area contributed by atoms with Gasteiger partial charge < -0.3 is 20.7 Å². The second kappa shape index (κ2) is 9.40. The summed E-state index contributed by atoms with van der Waals surface area (Å²) in [7, 11) is 2.94. The van der Waals surface area contributed by atoms with Gasteiger partial charge in [-0.25, -0.2) is 15.0 Å². The maximum Gasteiger partial charge on any atom is 0.259 e. The Hall–Kier alpha value is -3.72. The van der Waals surface area contributed by atoms with Gasteiger partial charge in [-0.1, -0.05) is 11.6 Å². The van der Waals surface area contributed by atoms with Crippen LogP contribution in [0.15, 0.2) is 36.5 Å². The largest absolute Gasteiger partial charge is 0.496 e. The number of anilines is 3. The van der Waals surface area contributed by atoms with Gasteiger partial charge in [0.2, 0.25) is 0 Å². The highest BCUT2D eigenvalue weighted by molar-refractivity contribution is 6.31. The molecule has 9 nitrogen and oxygen atoms in total. The van der Waals surface area contributed by atoms with E-state index < -0.39 is 11.8 Å².